The first-order valence-corrected chi connectivity index (χ1v) is 8.43. The van der Waals surface area contributed by atoms with Crippen LogP contribution in [-0.4, -0.2) is 22.8 Å². The first kappa shape index (κ1) is 18.8. The lowest BCUT2D eigenvalue weighted by atomic mass is 10.2. The van der Waals surface area contributed by atoms with Crippen LogP contribution in [0.25, 0.3) is 0 Å². The molecule has 1 aromatic heterocycles. The van der Waals surface area contributed by atoms with Crippen LogP contribution in [0.2, 0.25) is 0 Å². The van der Waals surface area contributed by atoms with Crippen molar-refractivity contribution in [3.8, 4) is 5.75 Å². The highest BCUT2D eigenvalue weighted by Crippen LogP contribution is 2.18. The highest BCUT2D eigenvalue weighted by molar-refractivity contribution is 6.06. The Morgan fingerprint density at radius 2 is 1.54 bits per heavy atom. The minimum absolute atomic E-state index is 0.288. The van der Waals surface area contributed by atoms with Gasteiger partial charge in [-0.05, 0) is 48.5 Å². The van der Waals surface area contributed by atoms with E-state index < -0.39 is 5.97 Å². The molecule has 7 nitrogen and oxygen atoms in total. The zero-order valence-electron chi connectivity index (χ0n) is 15.0. The smallest absolute Gasteiger partial charge is 0.308 e. The molecule has 0 spiro atoms. The van der Waals surface area contributed by atoms with Gasteiger partial charge in [-0.3, -0.25) is 19.4 Å². The summed E-state index contributed by atoms with van der Waals surface area (Å²) >= 11 is 0. The molecule has 0 saturated heterocycles. The van der Waals surface area contributed by atoms with Crippen molar-refractivity contribution >= 4 is 29.2 Å². The Labute approximate surface area is 161 Å². The monoisotopic (exact) mass is 375 g/mol. The Balaban J connectivity index is 1.70. The van der Waals surface area contributed by atoms with E-state index in [1.54, 1.807) is 60.7 Å². The van der Waals surface area contributed by atoms with Gasteiger partial charge in [-0.1, -0.05) is 18.2 Å². The van der Waals surface area contributed by atoms with Crippen LogP contribution >= 0.6 is 0 Å². The van der Waals surface area contributed by atoms with E-state index in [-0.39, 0.29) is 17.6 Å². The largest absolute Gasteiger partial charge is 0.427 e. The van der Waals surface area contributed by atoms with Crippen molar-refractivity contribution in [3.63, 3.8) is 0 Å². The number of nitrogens with one attached hydrogen (secondary N) is 2. The standard InChI is InChI=1S/C21H17N3O4/c1-14(25)28-18-9-4-6-15(12-18)20(26)23-16-7-5-8-17(13-16)24-21(27)19-10-2-3-11-22-19/h2-13H,1H3,(H,23,26)(H,24,27). The van der Waals surface area contributed by atoms with Crippen molar-refractivity contribution in [2.24, 2.45) is 0 Å². The third kappa shape index (κ3) is 5.01. The SMILES string of the molecule is CC(=O)Oc1cccc(C(=O)Nc2cccc(NC(=O)c3ccccn3)c2)c1. The molecular formula is C21H17N3O4. The van der Waals surface area contributed by atoms with Crippen molar-refractivity contribution in [1.29, 1.82) is 0 Å². The topological polar surface area (TPSA) is 97.4 Å². The van der Waals surface area contributed by atoms with E-state index in [2.05, 4.69) is 15.6 Å². The summed E-state index contributed by atoms with van der Waals surface area (Å²) < 4.78 is 4.99. The zero-order valence-corrected chi connectivity index (χ0v) is 15.0. The molecule has 0 radical (unpaired) electrons. The van der Waals surface area contributed by atoms with Crippen molar-refractivity contribution < 1.29 is 19.1 Å². The van der Waals surface area contributed by atoms with Gasteiger partial charge in [0.05, 0.1) is 0 Å². The van der Waals surface area contributed by atoms with E-state index in [1.807, 2.05) is 0 Å². The molecule has 0 saturated carbocycles. The molecule has 0 fully saturated rings. The Morgan fingerprint density at radius 3 is 2.21 bits per heavy atom. The number of anilines is 2. The van der Waals surface area contributed by atoms with Crippen LogP contribution < -0.4 is 15.4 Å². The number of aromatic nitrogens is 1. The maximum atomic E-state index is 12.5. The molecule has 0 aliphatic rings. The number of rotatable bonds is 5. The minimum atomic E-state index is -0.464. The van der Waals surface area contributed by atoms with Gasteiger partial charge < -0.3 is 15.4 Å². The highest BCUT2D eigenvalue weighted by Gasteiger charge is 2.10. The van der Waals surface area contributed by atoms with E-state index in [4.69, 9.17) is 4.74 Å². The van der Waals surface area contributed by atoms with Gasteiger partial charge >= 0.3 is 5.97 Å². The van der Waals surface area contributed by atoms with Crippen LogP contribution in [0.15, 0.2) is 72.9 Å². The van der Waals surface area contributed by atoms with Crippen LogP contribution in [0.3, 0.4) is 0 Å². The van der Waals surface area contributed by atoms with Crippen LogP contribution in [0.4, 0.5) is 11.4 Å². The maximum absolute atomic E-state index is 12.5. The molecule has 0 atom stereocenters. The molecule has 3 rings (SSSR count). The van der Waals surface area contributed by atoms with Gasteiger partial charge in [0, 0.05) is 30.1 Å². The molecule has 0 unspecified atom stereocenters. The molecular weight excluding hydrogens is 358 g/mol. The summed E-state index contributed by atoms with van der Waals surface area (Å²) in [6.45, 7) is 1.29. The van der Waals surface area contributed by atoms with Crippen molar-refractivity contribution in [3.05, 3.63) is 84.2 Å². The van der Waals surface area contributed by atoms with Gasteiger partial charge in [0.25, 0.3) is 11.8 Å². The minimum Gasteiger partial charge on any atom is -0.427 e. The summed E-state index contributed by atoms with van der Waals surface area (Å²) in [7, 11) is 0. The van der Waals surface area contributed by atoms with Crippen molar-refractivity contribution in [2.45, 2.75) is 6.92 Å². The molecule has 1 heterocycles. The molecule has 3 aromatic rings. The van der Waals surface area contributed by atoms with E-state index in [1.165, 1.54) is 19.2 Å². The second-order valence-corrected chi connectivity index (χ2v) is 5.83. The summed E-state index contributed by atoms with van der Waals surface area (Å²) in [5.74, 6) is -0.897. The van der Waals surface area contributed by atoms with E-state index in [0.717, 1.165) is 0 Å². The average Bonchev–Trinajstić information content (AvgIpc) is 2.68. The van der Waals surface area contributed by atoms with Crippen LogP contribution in [0.5, 0.6) is 5.75 Å². The van der Waals surface area contributed by atoms with Gasteiger partial charge in [0.2, 0.25) is 0 Å². The first-order chi connectivity index (χ1) is 13.5. The molecule has 7 heteroatoms. The van der Waals surface area contributed by atoms with Crippen LogP contribution in [-0.2, 0) is 4.79 Å². The maximum Gasteiger partial charge on any atom is 0.308 e. The highest BCUT2D eigenvalue weighted by atomic mass is 16.5. The Morgan fingerprint density at radius 1 is 0.821 bits per heavy atom. The predicted molar refractivity (Wildman–Crippen MR) is 104 cm³/mol. The Kier molecular flexibility index (Phi) is 5.76. The molecule has 0 aliphatic heterocycles. The molecule has 2 aromatic carbocycles. The summed E-state index contributed by atoms with van der Waals surface area (Å²) in [5, 5.41) is 5.48. The summed E-state index contributed by atoms with van der Waals surface area (Å²) in [5.41, 5.74) is 1.64. The molecule has 2 N–H and O–H groups in total. The number of carbonyl (C=O) groups is 3. The number of hydrogen-bond acceptors (Lipinski definition) is 5. The normalized spacial score (nSPS) is 10.0. The van der Waals surface area contributed by atoms with Gasteiger partial charge in [-0.2, -0.15) is 0 Å². The lowest BCUT2D eigenvalue weighted by Gasteiger charge is -2.09. The van der Waals surface area contributed by atoms with Gasteiger partial charge in [-0.15, -0.1) is 0 Å². The number of carbonyl (C=O) groups excluding carboxylic acids is 3. The lowest BCUT2D eigenvalue weighted by molar-refractivity contribution is -0.131. The second kappa shape index (κ2) is 8.59. The molecule has 0 bridgehead atoms. The van der Waals surface area contributed by atoms with Gasteiger partial charge in [-0.25, -0.2) is 0 Å². The van der Waals surface area contributed by atoms with Gasteiger partial charge in [0.1, 0.15) is 11.4 Å². The third-order valence-electron chi connectivity index (χ3n) is 3.63. The van der Waals surface area contributed by atoms with Crippen molar-refractivity contribution in [1.82, 2.24) is 4.98 Å². The van der Waals surface area contributed by atoms with Crippen LogP contribution in [0, 0.1) is 0 Å². The summed E-state index contributed by atoms with van der Waals surface area (Å²) in [4.78, 5) is 39.7. The molecule has 140 valence electrons. The Bertz CT molecular complexity index is 1020. The molecule has 2 amide bonds. The number of benzene rings is 2. The van der Waals surface area contributed by atoms with Crippen molar-refractivity contribution in [2.75, 3.05) is 10.6 Å². The fourth-order valence-electron chi connectivity index (χ4n) is 2.44. The predicted octanol–water partition coefficient (Wildman–Crippen LogP) is 3.51. The van der Waals surface area contributed by atoms with Gasteiger partial charge in [0.15, 0.2) is 0 Å². The quantitative estimate of drug-likeness (QED) is 0.525. The Hall–Kier alpha value is -4.00. The fourth-order valence-corrected chi connectivity index (χ4v) is 2.44. The third-order valence-corrected chi connectivity index (χ3v) is 3.63. The number of ether oxygens (including phenoxy) is 1. The number of nitrogens with zero attached hydrogens (tertiary/aromatic N) is 1. The average molecular weight is 375 g/mol. The van der Waals surface area contributed by atoms with Crippen LogP contribution in [0.1, 0.15) is 27.8 Å². The second-order valence-electron chi connectivity index (χ2n) is 5.83. The molecule has 0 aliphatic carbocycles. The summed E-state index contributed by atoms with van der Waals surface area (Å²) in [6.07, 6.45) is 1.54. The zero-order chi connectivity index (χ0) is 19.9. The summed E-state index contributed by atoms with van der Waals surface area (Å²) in [6, 6.07) is 18.1. The van der Waals surface area contributed by atoms with E-state index >= 15 is 0 Å². The number of esters is 1. The number of pyridine rings is 1. The number of hydrogen-bond donors (Lipinski definition) is 2. The number of amides is 2. The fraction of sp³-hybridized carbons (Fsp3) is 0.0476. The van der Waals surface area contributed by atoms with E-state index in [0.29, 0.717) is 22.6 Å². The lowest BCUT2D eigenvalue weighted by Crippen LogP contribution is -2.15. The first-order valence-electron chi connectivity index (χ1n) is 8.43. The van der Waals surface area contributed by atoms with E-state index in [9.17, 15) is 14.4 Å². The molecule has 28 heavy (non-hydrogen) atoms.